The van der Waals surface area contributed by atoms with Gasteiger partial charge in [-0.2, -0.15) is 0 Å². The van der Waals surface area contributed by atoms with Crippen molar-refractivity contribution < 1.29 is 10.2 Å². The summed E-state index contributed by atoms with van der Waals surface area (Å²) in [4.78, 5) is 0. The average Bonchev–Trinajstić information content (AvgIpc) is 3.30. The van der Waals surface area contributed by atoms with E-state index in [4.69, 9.17) is 0 Å². The molecule has 5 aromatic carbocycles. The summed E-state index contributed by atoms with van der Waals surface area (Å²) in [6.45, 7) is 8.34. The van der Waals surface area contributed by atoms with E-state index >= 15 is 0 Å². The first-order valence-electron chi connectivity index (χ1n) is 13.2. The lowest BCUT2D eigenvalue weighted by Crippen LogP contribution is -2.28. The molecule has 0 amide bonds. The summed E-state index contributed by atoms with van der Waals surface area (Å²) in [7, 11) is 0. The van der Waals surface area contributed by atoms with E-state index in [1.165, 1.54) is 22.3 Å². The second-order valence-electron chi connectivity index (χ2n) is 11.2. The van der Waals surface area contributed by atoms with E-state index in [2.05, 4.69) is 100 Å². The van der Waals surface area contributed by atoms with Gasteiger partial charge in [-0.3, -0.25) is 0 Å². The molecule has 38 heavy (non-hydrogen) atoms. The fourth-order valence-corrected chi connectivity index (χ4v) is 6.65. The minimum atomic E-state index is -1.26. The molecule has 0 saturated heterocycles. The minimum absolute atomic E-state index is 0.795. The normalized spacial score (nSPS) is 15.5. The molecule has 0 aliphatic heterocycles. The maximum Gasteiger partial charge on any atom is 0.141 e. The van der Waals surface area contributed by atoms with Crippen LogP contribution in [0.25, 0.3) is 22.3 Å². The first kappa shape index (κ1) is 23.2. The van der Waals surface area contributed by atoms with Crippen LogP contribution in [-0.2, 0) is 11.2 Å². The molecule has 2 nitrogen and oxygen atoms in total. The van der Waals surface area contributed by atoms with Crippen molar-refractivity contribution >= 4 is 0 Å². The number of benzene rings is 5. The van der Waals surface area contributed by atoms with Gasteiger partial charge in [0.2, 0.25) is 0 Å². The summed E-state index contributed by atoms with van der Waals surface area (Å²) in [5.74, 6) is 0. The van der Waals surface area contributed by atoms with Crippen molar-refractivity contribution in [2.24, 2.45) is 0 Å². The molecular weight excluding hydrogens is 464 g/mol. The quantitative estimate of drug-likeness (QED) is 0.268. The van der Waals surface area contributed by atoms with E-state index in [1.807, 2.05) is 24.3 Å². The third-order valence-electron chi connectivity index (χ3n) is 8.56. The fourth-order valence-electron chi connectivity index (χ4n) is 6.65. The molecule has 0 aromatic heterocycles. The lowest BCUT2D eigenvalue weighted by atomic mass is 9.80. The average molecular weight is 495 g/mol. The minimum Gasteiger partial charge on any atom is -0.376 e. The van der Waals surface area contributed by atoms with Crippen molar-refractivity contribution in [1.82, 2.24) is 0 Å². The summed E-state index contributed by atoms with van der Waals surface area (Å²) in [6.07, 6.45) is 0. The van der Waals surface area contributed by atoms with Crippen LogP contribution in [0.15, 0.2) is 97.1 Å². The van der Waals surface area contributed by atoms with E-state index in [9.17, 15) is 10.2 Å². The van der Waals surface area contributed by atoms with Gasteiger partial charge in [-0.1, -0.05) is 119 Å². The van der Waals surface area contributed by atoms with Crippen LogP contribution < -0.4 is 0 Å². The van der Waals surface area contributed by atoms with Gasteiger partial charge in [0.1, 0.15) is 11.2 Å². The Kier molecular flexibility index (Phi) is 4.73. The maximum atomic E-state index is 12.4. The van der Waals surface area contributed by atoms with Crippen molar-refractivity contribution in [3.63, 3.8) is 0 Å². The summed E-state index contributed by atoms with van der Waals surface area (Å²) in [5.41, 5.74) is 11.7. The summed E-state index contributed by atoms with van der Waals surface area (Å²) >= 11 is 0. The highest BCUT2D eigenvalue weighted by Crippen LogP contribution is 2.54. The fraction of sp³-hybridized carbons (Fsp3) is 0.167. The van der Waals surface area contributed by atoms with Crippen LogP contribution in [0.3, 0.4) is 0 Å². The van der Waals surface area contributed by atoms with Gasteiger partial charge in [0.25, 0.3) is 0 Å². The zero-order valence-electron chi connectivity index (χ0n) is 22.1. The first-order valence-corrected chi connectivity index (χ1v) is 13.2. The van der Waals surface area contributed by atoms with E-state index in [0.29, 0.717) is 0 Å². The van der Waals surface area contributed by atoms with E-state index in [1.54, 1.807) is 0 Å². The standard InChI is InChI=1S/C36H30O2/c1-21-5-13-31-27(17-21)28-18-22(2)6-14-32(28)35(31,37)25-9-11-26(12-10-25)36(38)33-15-7-23(3)19-29(33)30-20-24(4)8-16-34(30)36/h5-20,37-38H,1-4H3. The summed E-state index contributed by atoms with van der Waals surface area (Å²) in [6, 6.07) is 33.0. The van der Waals surface area contributed by atoms with Crippen LogP contribution >= 0.6 is 0 Å². The lowest BCUT2D eigenvalue weighted by Gasteiger charge is -2.30. The van der Waals surface area contributed by atoms with E-state index in [-0.39, 0.29) is 0 Å². The highest BCUT2D eigenvalue weighted by molar-refractivity contribution is 5.84. The highest BCUT2D eigenvalue weighted by atomic mass is 16.3. The predicted molar refractivity (Wildman–Crippen MR) is 153 cm³/mol. The number of rotatable bonds is 2. The van der Waals surface area contributed by atoms with Crippen molar-refractivity contribution in [3.05, 3.63) is 153 Å². The number of aliphatic hydroxyl groups is 2. The van der Waals surface area contributed by atoms with Crippen LogP contribution in [0, 0.1) is 27.7 Å². The Morgan fingerprint density at radius 1 is 0.368 bits per heavy atom. The lowest BCUT2D eigenvalue weighted by molar-refractivity contribution is 0.126. The second kappa shape index (κ2) is 7.77. The maximum absolute atomic E-state index is 12.4. The number of fused-ring (bicyclic) bond motifs is 6. The molecular formula is C36H30O2. The molecule has 0 bridgehead atoms. The molecule has 0 fully saturated rings. The summed E-state index contributed by atoms with van der Waals surface area (Å²) < 4.78 is 0. The van der Waals surface area contributed by atoms with Gasteiger partial charge in [0.15, 0.2) is 0 Å². The number of hydrogen-bond donors (Lipinski definition) is 2. The van der Waals surface area contributed by atoms with Crippen molar-refractivity contribution in [3.8, 4) is 22.3 Å². The Morgan fingerprint density at radius 2 is 0.605 bits per heavy atom. The molecule has 0 saturated carbocycles. The molecule has 2 aliphatic rings. The number of aryl methyl sites for hydroxylation is 4. The van der Waals surface area contributed by atoms with Crippen molar-refractivity contribution in [1.29, 1.82) is 0 Å². The molecule has 2 heteroatoms. The number of hydrogen-bond acceptors (Lipinski definition) is 2. The van der Waals surface area contributed by atoms with E-state index < -0.39 is 11.2 Å². The summed E-state index contributed by atoms with van der Waals surface area (Å²) in [5, 5.41) is 24.8. The molecule has 0 spiro atoms. The Bertz CT molecular complexity index is 1540. The molecule has 0 heterocycles. The van der Waals surface area contributed by atoms with Gasteiger partial charge in [0, 0.05) is 22.3 Å². The van der Waals surface area contributed by atoms with Gasteiger partial charge in [-0.15, -0.1) is 0 Å². The Balaban J connectivity index is 1.40. The van der Waals surface area contributed by atoms with Gasteiger partial charge in [-0.25, -0.2) is 0 Å². The van der Waals surface area contributed by atoms with Gasteiger partial charge in [0.05, 0.1) is 0 Å². The molecule has 7 rings (SSSR count). The zero-order chi connectivity index (χ0) is 26.4. The Morgan fingerprint density at radius 3 is 0.842 bits per heavy atom. The SMILES string of the molecule is Cc1ccc2c(c1)-c1cc(C)ccc1C2(O)c1ccc(C2(O)c3ccc(C)cc3-c3cc(C)ccc32)cc1. The van der Waals surface area contributed by atoms with Gasteiger partial charge >= 0.3 is 0 Å². The van der Waals surface area contributed by atoms with Crippen molar-refractivity contribution in [2.45, 2.75) is 38.9 Å². The third kappa shape index (κ3) is 2.96. The van der Waals surface area contributed by atoms with Crippen LogP contribution in [0.5, 0.6) is 0 Å². The molecule has 186 valence electrons. The molecule has 2 N–H and O–H groups in total. The first-order chi connectivity index (χ1) is 18.2. The molecule has 0 atom stereocenters. The smallest absolute Gasteiger partial charge is 0.141 e. The molecule has 5 aromatic rings. The van der Waals surface area contributed by atoms with E-state index in [0.717, 1.165) is 55.6 Å². The Labute approximate surface area is 223 Å². The monoisotopic (exact) mass is 494 g/mol. The second-order valence-corrected chi connectivity index (χ2v) is 11.2. The topological polar surface area (TPSA) is 40.5 Å². The molecule has 2 aliphatic carbocycles. The van der Waals surface area contributed by atoms with Crippen LogP contribution in [0.4, 0.5) is 0 Å². The Hall–Kier alpha value is -3.98. The predicted octanol–water partition coefficient (Wildman–Crippen LogP) is 7.45. The zero-order valence-corrected chi connectivity index (χ0v) is 22.1. The van der Waals surface area contributed by atoms with Crippen LogP contribution in [-0.4, -0.2) is 10.2 Å². The van der Waals surface area contributed by atoms with Gasteiger partial charge < -0.3 is 10.2 Å². The van der Waals surface area contributed by atoms with Crippen LogP contribution in [0.2, 0.25) is 0 Å². The van der Waals surface area contributed by atoms with Crippen molar-refractivity contribution in [2.75, 3.05) is 0 Å². The van der Waals surface area contributed by atoms with Gasteiger partial charge in [-0.05, 0) is 61.1 Å². The highest BCUT2D eigenvalue weighted by Gasteiger charge is 2.45. The molecule has 0 unspecified atom stereocenters. The molecule has 0 radical (unpaired) electrons. The third-order valence-corrected chi connectivity index (χ3v) is 8.56. The van der Waals surface area contributed by atoms with Crippen LogP contribution in [0.1, 0.15) is 55.6 Å². The largest absolute Gasteiger partial charge is 0.376 e.